The highest BCUT2D eigenvalue weighted by Crippen LogP contribution is 2.30. The average molecular weight is 386 g/mol. The summed E-state index contributed by atoms with van der Waals surface area (Å²) >= 11 is 6.93. The Hall–Kier alpha value is -0.840. The maximum absolute atomic E-state index is 5.68. The molecule has 0 saturated carbocycles. The second-order valence-electron chi connectivity index (χ2n) is 3.96. The van der Waals surface area contributed by atoms with Gasteiger partial charge in [0.25, 0.3) is 0 Å². The van der Waals surface area contributed by atoms with Gasteiger partial charge in [0, 0.05) is 10.9 Å². The molecular weight excluding hydrogens is 372 g/mol. The van der Waals surface area contributed by atoms with Crippen molar-refractivity contribution in [2.75, 3.05) is 6.79 Å². The van der Waals surface area contributed by atoms with Crippen LogP contribution in [-0.2, 0) is 16.7 Å². The third-order valence-corrected chi connectivity index (χ3v) is 3.82. The predicted octanol–water partition coefficient (Wildman–Crippen LogP) is 4.90. The summed E-state index contributed by atoms with van der Waals surface area (Å²) in [6.07, 6.45) is 0. The maximum Gasteiger partial charge on any atom is 0.189 e. The van der Waals surface area contributed by atoms with E-state index in [0.29, 0.717) is 6.61 Å². The molecule has 2 rings (SSSR count). The van der Waals surface area contributed by atoms with Gasteiger partial charge in [-0.3, -0.25) is 0 Å². The average Bonchev–Trinajstić information content (AvgIpc) is 2.46. The molecule has 0 spiro atoms. The van der Waals surface area contributed by atoms with Gasteiger partial charge in [-0.15, -0.1) is 0 Å². The van der Waals surface area contributed by atoms with Crippen molar-refractivity contribution < 1.29 is 9.47 Å². The number of alkyl halides is 1. The second-order valence-corrected chi connectivity index (χ2v) is 5.37. The molecule has 0 bridgehead atoms. The van der Waals surface area contributed by atoms with Gasteiger partial charge in [-0.05, 0) is 27.6 Å². The fraction of sp³-hybridized carbons (Fsp3) is 0.200. The Morgan fingerprint density at radius 3 is 2.47 bits per heavy atom. The van der Waals surface area contributed by atoms with Gasteiger partial charge in [-0.25, -0.2) is 0 Å². The number of para-hydroxylation sites is 1. The topological polar surface area (TPSA) is 18.5 Å². The summed E-state index contributed by atoms with van der Waals surface area (Å²) in [4.78, 5) is 0. The molecule has 0 atom stereocenters. The Balaban J connectivity index is 1.86. The van der Waals surface area contributed by atoms with E-state index in [-0.39, 0.29) is 6.79 Å². The van der Waals surface area contributed by atoms with Crippen molar-refractivity contribution in [1.29, 1.82) is 0 Å². The minimum atomic E-state index is 0.234. The molecule has 2 aromatic rings. The summed E-state index contributed by atoms with van der Waals surface area (Å²) in [5.74, 6) is 0.826. The number of ether oxygens (including phenoxy) is 2. The van der Waals surface area contributed by atoms with E-state index in [1.807, 2.05) is 48.5 Å². The summed E-state index contributed by atoms with van der Waals surface area (Å²) in [6.45, 7) is 0.784. The standard InChI is InChI=1S/C15H14Br2O2/c16-9-13-7-4-8-14(17)15(13)19-11-18-10-12-5-2-1-3-6-12/h1-8H,9-11H2. The van der Waals surface area contributed by atoms with E-state index >= 15 is 0 Å². The van der Waals surface area contributed by atoms with Crippen molar-refractivity contribution in [2.24, 2.45) is 0 Å². The molecular formula is C15H14Br2O2. The first kappa shape index (κ1) is 14.6. The first-order valence-corrected chi connectivity index (χ1v) is 7.80. The second kappa shape index (κ2) is 7.68. The lowest BCUT2D eigenvalue weighted by Gasteiger charge is -2.12. The molecule has 100 valence electrons. The van der Waals surface area contributed by atoms with Gasteiger partial charge in [0.1, 0.15) is 5.75 Å². The Morgan fingerprint density at radius 1 is 0.947 bits per heavy atom. The summed E-state index contributed by atoms with van der Waals surface area (Å²) in [5.41, 5.74) is 2.23. The van der Waals surface area contributed by atoms with Crippen LogP contribution in [0, 0.1) is 0 Å². The first-order valence-electron chi connectivity index (χ1n) is 5.89. The van der Waals surface area contributed by atoms with Gasteiger partial charge in [-0.1, -0.05) is 58.4 Å². The highest BCUT2D eigenvalue weighted by atomic mass is 79.9. The first-order chi connectivity index (χ1) is 9.31. The molecule has 0 aliphatic rings. The van der Waals surface area contributed by atoms with Gasteiger partial charge in [0.15, 0.2) is 6.79 Å². The van der Waals surface area contributed by atoms with Crippen molar-refractivity contribution in [3.05, 3.63) is 64.1 Å². The SMILES string of the molecule is BrCc1cccc(Br)c1OCOCc1ccccc1. The number of hydrogen-bond donors (Lipinski definition) is 0. The van der Waals surface area contributed by atoms with Crippen molar-refractivity contribution in [3.63, 3.8) is 0 Å². The molecule has 0 aliphatic heterocycles. The van der Waals surface area contributed by atoms with E-state index in [9.17, 15) is 0 Å². The molecule has 4 heteroatoms. The molecule has 0 aromatic heterocycles. The van der Waals surface area contributed by atoms with Crippen molar-refractivity contribution in [1.82, 2.24) is 0 Å². The van der Waals surface area contributed by atoms with Crippen LogP contribution < -0.4 is 4.74 Å². The molecule has 0 unspecified atom stereocenters. The molecule has 0 fully saturated rings. The van der Waals surface area contributed by atoms with E-state index in [2.05, 4.69) is 31.9 Å². The Morgan fingerprint density at radius 2 is 1.74 bits per heavy atom. The van der Waals surface area contributed by atoms with Crippen LogP contribution in [0.3, 0.4) is 0 Å². The Kier molecular flexibility index (Phi) is 5.89. The van der Waals surface area contributed by atoms with Crippen LogP contribution in [0.25, 0.3) is 0 Å². The van der Waals surface area contributed by atoms with Gasteiger partial charge in [-0.2, -0.15) is 0 Å². The molecule has 0 saturated heterocycles. The molecule has 0 N–H and O–H groups in total. The van der Waals surface area contributed by atoms with Crippen LogP contribution in [0.4, 0.5) is 0 Å². The number of benzene rings is 2. The predicted molar refractivity (Wildman–Crippen MR) is 83.5 cm³/mol. The Bertz CT molecular complexity index is 515. The molecule has 0 amide bonds. The van der Waals surface area contributed by atoms with E-state index in [4.69, 9.17) is 9.47 Å². The zero-order valence-corrected chi connectivity index (χ0v) is 13.5. The summed E-state index contributed by atoms with van der Waals surface area (Å²) in [5, 5.41) is 0.750. The minimum Gasteiger partial charge on any atom is -0.466 e. The normalized spacial score (nSPS) is 10.4. The van der Waals surface area contributed by atoms with Crippen LogP contribution in [0.2, 0.25) is 0 Å². The number of rotatable bonds is 6. The third kappa shape index (κ3) is 4.34. The number of hydrogen-bond acceptors (Lipinski definition) is 2. The monoisotopic (exact) mass is 384 g/mol. The van der Waals surface area contributed by atoms with Gasteiger partial charge in [0.2, 0.25) is 0 Å². The summed E-state index contributed by atoms with van der Waals surface area (Å²) < 4.78 is 12.1. The van der Waals surface area contributed by atoms with E-state index in [1.165, 1.54) is 0 Å². The highest BCUT2D eigenvalue weighted by molar-refractivity contribution is 9.10. The minimum absolute atomic E-state index is 0.234. The molecule has 2 nitrogen and oxygen atoms in total. The molecule has 2 aromatic carbocycles. The van der Waals surface area contributed by atoms with Crippen LogP contribution in [0.15, 0.2) is 53.0 Å². The smallest absolute Gasteiger partial charge is 0.189 e. The quantitative estimate of drug-likeness (QED) is 0.400. The van der Waals surface area contributed by atoms with Crippen molar-refractivity contribution >= 4 is 31.9 Å². The summed E-state index contributed by atoms with van der Waals surface area (Å²) in [6, 6.07) is 16.0. The van der Waals surface area contributed by atoms with Gasteiger partial charge in [0.05, 0.1) is 11.1 Å². The van der Waals surface area contributed by atoms with E-state index < -0.39 is 0 Å². The lowest BCUT2D eigenvalue weighted by molar-refractivity contribution is 0.00424. The van der Waals surface area contributed by atoms with Crippen molar-refractivity contribution in [2.45, 2.75) is 11.9 Å². The lowest BCUT2D eigenvalue weighted by Crippen LogP contribution is -2.04. The third-order valence-electron chi connectivity index (χ3n) is 2.59. The molecule has 19 heavy (non-hydrogen) atoms. The highest BCUT2D eigenvalue weighted by Gasteiger charge is 2.06. The number of halogens is 2. The van der Waals surface area contributed by atoms with Crippen LogP contribution in [-0.4, -0.2) is 6.79 Å². The van der Waals surface area contributed by atoms with Crippen LogP contribution in [0.1, 0.15) is 11.1 Å². The molecule has 0 aliphatic carbocycles. The molecule has 0 heterocycles. The van der Waals surface area contributed by atoms with Gasteiger partial charge < -0.3 is 9.47 Å². The van der Waals surface area contributed by atoms with E-state index in [1.54, 1.807) is 0 Å². The Labute approximate surface area is 130 Å². The van der Waals surface area contributed by atoms with Crippen molar-refractivity contribution in [3.8, 4) is 5.75 Å². The van der Waals surface area contributed by atoms with Crippen LogP contribution in [0.5, 0.6) is 5.75 Å². The fourth-order valence-corrected chi connectivity index (χ4v) is 2.62. The largest absolute Gasteiger partial charge is 0.466 e. The van der Waals surface area contributed by atoms with E-state index in [0.717, 1.165) is 26.7 Å². The maximum atomic E-state index is 5.68. The zero-order valence-electron chi connectivity index (χ0n) is 10.3. The summed E-state index contributed by atoms with van der Waals surface area (Å²) in [7, 11) is 0. The van der Waals surface area contributed by atoms with Crippen LogP contribution >= 0.6 is 31.9 Å². The zero-order chi connectivity index (χ0) is 13.5. The van der Waals surface area contributed by atoms with Gasteiger partial charge >= 0.3 is 0 Å². The lowest BCUT2D eigenvalue weighted by atomic mass is 10.2. The fourth-order valence-electron chi connectivity index (χ4n) is 1.65. The molecule has 0 radical (unpaired) electrons.